The van der Waals surface area contributed by atoms with Crippen molar-refractivity contribution in [1.29, 1.82) is 0 Å². The molecule has 2 aromatic rings. The lowest BCUT2D eigenvalue weighted by Gasteiger charge is -2.29. The fourth-order valence-electron chi connectivity index (χ4n) is 2.99. The van der Waals surface area contributed by atoms with E-state index in [0.717, 1.165) is 32.2 Å². The molecule has 4 nitrogen and oxygen atoms in total. The fraction of sp³-hybridized carbons (Fsp3) is 0.412. The summed E-state index contributed by atoms with van der Waals surface area (Å²) >= 11 is 1.46. The average Bonchev–Trinajstić information content (AvgIpc) is 3.18. The summed E-state index contributed by atoms with van der Waals surface area (Å²) < 4.78 is 0. The minimum absolute atomic E-state index is 0.0557. The van der Waals surface area contributed by atoms with Gasteiger partial charge in [0.05, 0.1) is 0 Å². The number of anilines is 2. The van der Waals surface area contributed by atoms with Crippen LogP contribution >= 0.6 is 11.3 Å². The Hall–Kier alpha value is -1.88. The highest BCUT2D eigenvalue weighted by molar-refractivity contribution is 7.13. The molecule has 3 rings (SSSR count). The zero-order chi connectivity index (χ0) is 15.4. The largest absolute Gasteiger partial charge is 0.359 e. The van der Waals surface area contributed by atoms with E-state index >= 15 is 0 Å². The molecular formula is C17H21N3OS. The van der Waals surface area contributed by atoms with Crippen molar-refractivity contribution >= 4 is 28.1 Å². The third kappa shape index (κ3) is 3.14. The summed E-state index contributed by atoms with van der Waals surface area (Å²) in [6, 6.07) is 8.28. The molecule has 1 aromatic carbocycles. The molecule has 0 spiro atoms. The number of nitrogens with zero attached hydrogens (tertiary/aromatic N) is 2. The van der Waals surface area contributed by atoms with Crippen molar-refractivity contribution in [2.24, 2.45) is 0 Å². The number of carbonyl (C=O) groups is 1. The molecular weight excluding hydrogens is 294 g/mol. The number of hydrogen-bond acceptors (Lipinski definition) is 4. The monoisotopic (exact) mass is 315 g/mol. The third-order valence-electron chi connectivity index (χ3n) is 4.10. The predicted octanol–water partition coefficient (Wildman–Crippen LogP) is 3.70. The molecule has 1 N–H and O–H groups in total. The fourth-order valence-corrected chi connectivity index (χ4v) is 3.52. The van der Waals surface area contributed by atoms with E-state index in [1.165, 1.54) is 22.6 Å². The SMILES string of the molecule is CCCCC(C(=O)Nc1nccs1)N1CCc2ccccc21. The van der Waals surface area contributed by atoms with Crippen molar-refractivity contribution in [3.05, 3.63) is 41.4 Å². The lowest BCUT2D eigenvalue weighted by molar-refractivity contribution is -0.117. The molecule has 1 aliphatic rings. The second-order valence-electron chi connectivity index (χ2n) is 5.56. The Kier molecular flexibility index (Phi) is 4.73. The number of nitrogens with one attached hydrogen (secondary N) is 1. The molecule has 5 heteroatoms. The Balaban J connectivity index is 1.79. The first-order valence-electron chi connectivity index (χ1n) is 7.84. The summed E-state index contributed by atoms with van der Waals surface area (Å²) in [4.78, 5) is 19.1. The predicted molar refractivity (Wildman–Crippen MR) is 91.5 cm³/mol. The van der Waals surface area contributed by atoms with Crippen LogP contribution in [0.15, 0.2) is 35.8 Å². The maximum absolute atomic E-state index is 12.7. The van der Waals surface area contributed by atoms with Crippen molar-refractivity contribution in [2.75, 3.05) is 16.8 Å². The number of rotatable bonds is 6. The Morgan fingerprint density at radius 1 is 1.45 bits per heavy atom. The Labute approximate surface area is 135 Å². The standard InChI is InChI=1S/C17H21N3OS/c1-2-3-7-15(16(21)19-17-18-10-12-22-17)20-11-9-13-6-4-5-8-14(13)20/h4-6,8,10,12,15H,2-3,7,9,11H2,1H3,(H,18,19,21). The number of carbonyl (C=O) groups excluding carboxylic acids is 1. The van der Waals surface area contributed by atoms with Crippen LogP contribution in [0.5, 0.6) is 0 Å². The molecule has 0 saturated carbocycles. The highest BCUT2D eigenvalue weighted by atomic mass is 32.1. The molecule has 0 saturated heterocycles. The van der Waals surface area contributed by atoms with Crippen molar-refractivity contribution in [1.82, 2.24) is 4.98 Å². The van der Waals surface area contributed by atoms with E-state index in [0.29, 0.717) is 5.13 Å². The van der Waals surface area contributed by atoms with Crippen LogP contribution in [0.2, 0.25) is 0 Å². The number of para-hydroxylation sites is 1. The summed E-state index contributed by atoms with van der Waals surface area (Å²) in [5, 5.41) is 5.52. The highest BCUT2D eigenvalue weighted by Crippen LogP contribution is 2.31. The van der Waals surface area contributed by atoms with Crippen LogP contribution in [0.4, 0.5) is 10.8 Å². The van der Waals surface area contributed by atoms with E-state index in [4.69, 9.17) is 0 Å². The molecule has 1 aliphatic heterocycles. The van der Waals surface area contributed by atoms with Crippen molar-refractivity contribution in [2.45, 2.75) is 38.6 Å². The molecule has 1 aromatic heterocycles. The quantitative estimate of drug-likeness (QED) is 0.884. The molecule has 1 atom stereocenters. The van der Waals surface area contributed by atoms with Crippen LogP contribution in [-0.2, 0) is 11.2 Å². The van der Waals surface area contributed by atoms with Gasteiger partial charge in [0.2, 0.25) is 5.91 Å². The lowest BCUT2D eigenvalue weighted by Crippen LogP contribution is -2.43. The van der Waals surface area contributed by atoms with Crippen LogP contribution in [0.25, 0.3) is 0 Å². The van der Waals surface area contributed by atoms with Gasteiger partial charge in [0.25, 0.3) is 0 Å². The minimum atomic E-state index is -0.118. The van der Waals surface area contributed by atoms with Crippen LogP contribution < -0.4 is 10.2 Å². The van der Waals surface area contributed by atoms with Crippen molar-refractivity contribution in [3.63, 3.8) is 0 Å². The molecule has 1 amide bonds. The number of unbranched alkanes of at least 4 members (excludes halogenated alkanes) is 1. The summed E-state index contributed by atoms with van der Waals surface area (Å²) in [7, 11) is 0. The van der Waals surface area contributed by atoms with Crippen LogP contribution in [0, 0.1) is 0 Å². The molecule has 2 heterocycles. The number of aromatic nitrogens is 1. The van der Waals surface area contributed by atoms with Gasteiger partial charge in [-0.05, 0) is 24.5 Å². The van der Waals surface area contributed by atoms with Gasteiger partial charge in [0, 0.05) is 23.8 Å². The maximum atomic E-state index is 12.7. The molecule has 1 unspecified atom stereocenters. The van der Waals surface area contributed by atoms with E-state index in [9.17, 15) is 4.79 Å². The first-order valence-corrected chi connectivity index (χ1v) is 8.72. The zero-order valence-electron chi connectivity index (χ0n) is 12.8. The minimum Gasteiger partial charge on any atom is -0.359 e. The van der Waals surface area contributed by atoms with Gasteiger partial charge < -0.3 is 10.2 Å². The second-order valence-corrected chi connectivity index (χ2v) is 6.45. The van der Waals surface area contributed by atoms with Crippen LogP contribution in [0.3, 0.4) is 0 Å². The van der Waals surface area contributed by atoms with E-state index in [1.807, 2.05) is 11.4 Å². The van der Waals surface area contributed by atoms with Gasteiger partial charge in [0.1, 0.15) is 6.04 Å². The van der Waals surface area contributed by atoms with Gasteiger partial charge >= 0.3 is 0 Å². The lowest BCUT2D eigenvalue weighted by atomic mass is 10.1. The highest BCUT2D eigenvalue weighted by Gasteiger charge is 2.30. The third-order valence-corrected chi connectivity index (χ3v) is 4.78. The molecule has 116 valence electrons. The molecule has 0 aliphatic carbocycles. The summed E-state index contributed by atoms with van der Waals surface area (Å²) in [6.45, 7) is 3.08. The van der Waals surface area contributed by atoms with E-state index < -0.39 is 0 Å². The Morgan fingerprint density at radius 3 is 3.09 bits per heavy atom. The Morgan fingerprint density at radius 2 is 2.32 bits per heavy atom. The summed E-state index contributed by atoms with van der Waals surface area (Å²) in [5.74, 6) is 0.0557. The van der Waals surface area contributed by atoms with Crippen LogP contribution in [0.1, 0.15) is 31.7 Å². The molecule has 22 heavy (non-hydrogen) atoms. The molecule has 0 fully saturated rings. The van der Waals surface area contributed by atoms with Gasteiger partial charge in [-0.1, -0.05) is 38.0 Å². The van der Waals surface area contributed by atoms with E-state index in [2.05, 4.69) is 40.3 Å². The van der Waals surface area contributed by atoms with Gasteiger partial charge in [-0.2, -0.15) is 0 Å². The smallest absolute Gasteiger partial charge is 0.248 e. The van der Waals surface area contributed by atoms with Gasteiger partial charge in [0.15, 0.2) is 5.13 Å². The topological polar surface area (TPSA) is 45.2 Å². The summed E-state index contributed by atoms with van der Waals surface area (Å²) in [5.41, 5.74) is 2.55. The Bertz CT molecular complexity index is 627. The number of fused-ring (bicyclic) bond motifs is 1. The average molecular weight is 315 g/mol. The number of hydrogen-bond donors (Lipinski definition) is 1. The van der Waals surface area contributed by atoms with Gasteiger partial charge in [-0.15, -0.1) is 11.3 Å². The van der Waals surface area contributed by atoms with E-state index in [1.54, 1.807) is 6.20 Å². The number of thiazole rings is 1. The van der Waals surface area contributed by atoms with Crippen molar-refractivity contribution in [3.8, 4) is 0 Å². The van der Waals surface area contributed by atoms with Crippen molar-refractivity contribution < 1.29 is 4.79 Å². The zero-order valence-corrected chi connectivity index (χ0v) is 13.6. The normalized spacial score (nSPS) is 14.7. The summed E-state index contributed by atoms with van der Waals surface area (Å²) in [6.07, 6.45) is 5.75. The number of benzene rings is 1. The van der Waals surface area contributed by atoms with Gasteiger partial charge in [-0.25, -0.2) is 4.98 Å². The molecule has 0 radical (unpaired) electrons. The maximum Gasteiger partial charge on any atom is 0.248 e. The van der Waals surface area contributed by atoms with Gasteiger partial charge in [-0.3, -0.25) is 4.79 Å². The first-order chi connectivity index (χ1) is 10.8. The van der Waals surface area contributed by atoms with E-state index in [-0.39, 0.29) is 11.9 Å². The first kappa shape index (κ1) is 15.0. The molecule has 0 bridgehead atoms. The van der Waals surface area contributed by atoms with Crippen LogP contribution in [-0.4, -0.2) is 23.5 Å². The second kappa shape index (κ2) is 6.92. The number of amides is 1.